The third-order valence-corrected chi connectivity index (χ3v) is 7.73. The topological polar surface area (TPSA) is 43.8 Å². The van der Waals surface area contributed by atoms with E-state index in [-0.39, 0.29) is 17.6 Å². The molecule has 4 nitrogen and oxygen atoms in total. The van der Waals surface area contributed by atoms with Gasteiger partial charge in [-0.3, -0.25) is 9.69 Å². The lowest BCUT2D eigenvalue weighted by Crippen LogP contribution is -2.59. The van der Waals surface area contributed by atoms with E-state index < -0.39 is 0 Å². The summed E-state index contributed by atoms with van der Waals surface area (Å²) in [6.07, 6.45) is 9.44. The van der Waals surface area contributed by atoms with Crippen LogP contribution in [-0.4, -0.2) is 59.1 Å². The highest BCUT2D eigenvalue weighted by Gasteiger charge is 2.49. The molecule has 2 aliphatic heterocycles. The highest BCUT2D eigenvalue weighted by atomic mass is 35.5. The van der Waals surface area contributed by atoms with E-state index in [1.165, 1.54) is 31.2 Å². The Morgan fingerprint density at radius 2 is 1.54 bits per heavy atom. The Labute approximate surface area is 173 Å². The highest BCUT2D eigenvalue weighted by Crippen LogP contribution is 2.41. The first kappa shape index (κ1) is 20.2. The number of likely N-dealkylation sites (tertiary alicyclic amines) is 2. The van der Waals surface area contributed by atoms with Crippen LogP contribution in [0.4, 0.5) is 0 Å². The molecule has 1 aromatic carbocycles. The van der Waals surface area contributed by atoms with Gasteiger partial charge in [-0.05, 0) is 75.7 Å². The normalized spacial score (nSPS) is 24.6. The van der Waals surface area contributed by atoms with Crippen molar-refractivity contribution in [1.82, 2.24) is 9.80 Å². The van der Waals surface area contributed by atoms with Crippen LogP contribution in [0.2, 0.25) is 5.02 Å². The number of rotatable bonds is 5. The number of carbonyl (C=O) groups excluding carboxylic acids is 1. The fourth-order valence-corrected chi connectivity index (χ4v) is 5.80. The van der Waals surface area contributed by atoms with Gasteiger partial charge in [0.2, 0.25) is 5.91 Å². The summed E-state index contributed by atoms with van der Waals surface area (Å²) in [4.78, 5) is 18.2. The molecule has 1 aliphatic carbocycles. The van der Waals surface area contributed by atoms with E-state index in [4.69, 9.17) is 11.6 Å². The minimum Gasteiger partial charge on any atom is -0.396 e. The van der Waals surface area contributed by atoms with Crippen LogP contribution in [0.1, 0.15) is 56.9 Å². The SMILES string of the molecule is O=C(N1CCC(CO)(Cc2ccc(Cl)cc2)CC1)C1(N2CCCC2)CCCC1. The molecule has 0 spiro atoms. The molecule has 0 aromatic heterocycles. The van der Waals surface area contributed by atoms with Crippen molar-refractivity contribution >= 4 is 17.5 Å². The summed E-state index contributed by atoms with van der Waals surface area (Å²) in [5.41, 5.74) is 0.857. The van der Waals surface area contributed by atoms with Crippen molar-refractivity contribution in [3.63, 3.8) is 0 Å². The number of halogens is 1. The molecule has 2 heterocycles. The molecular weight excluding hydrogens is 372 g/mol. The third-order valence-electron chi connectivity index (χ3n) is 7.48. The van der Waals surface area contributed by atoms with Crippen molar-refractivity contribution in [2.45, 2.75) is 63.3 Å². The number of amides is 1. The predicted molar refractivity (Wildman–Crippen MR) is 112 cm³/mol. The molecule has 1 aromatic rings. The molecular formula is C23H33ClN2O2. The average molecular weight is 405 g/mol. The maximum atomic E-state index is 13.6. The molecule has 2 saturated heterocycles. The number of aliphatic hydroxyl groups excluding tert-OH is 1. The van der Waals surface area contributed by atoms with Gasteiger partial charge in [-0.15, -0.1) is 0 Å². The highest BCUT2D eigenvalue weighted by molar-refractivity contribution is 6.30. The average Bonchev–Trinajstić information content (AvgIpc) is 3.42. The maximum absolute atomic E-state index is 13.6. The lowest BCUT2D eigenvalue weighted by molar-refractivity contribution is -0.147. The van der Waals surface area contributed by atoms with Gasteiger partial charge < -0.3 is 10.0 Å². The molecule has 28 heavy (non-hydrogen) atoms. The van der Waals surface area contributed by atoms with E-state index in [1.807, 2.05) is 12.1 Å². The second-order valence-corrected chi connectivity index (χ2v) is 9.62. The Bertz CT molecular complexity index is 670. The predicted octanol–water partition coefficient (Wildman–Crippen LogP) is 3.89. The van der Waals surface area contributed by atoms with Crippen LogP contribution in [0.15, 0.2) is 24.3 Å². The number of carbonyl (C=O) groups is 1. The molecule has 154 valence electrons. The second kappa shape index (κ2) is 8.33. The van der Waals surface area contributed by atoms with Crippen LogP contribution in [-0.2, 0) is 11.2 Å². The summed E-state index contributed by atoms with van der Waals surface area (Å²) < 4.78 is 0. The van der Waals surface area contributed by atoms with Crippen LogP contribution in [0, 0.1) is 5.41 Å². The van der Waals surface area contributed by atoms with Crippen molar-refractivity contribution in [2.24, 2.45) is 5.41 Å². The van der Waals surface area contributed by atoms with Gasteiger partial charge in [0, 0.05) is 30.1 Å². The quantitative estimate of drug-likeness (QED) is 0.809. The molecule has 0 unspecified atom stereocenters. The summed E-state index contributed by atoms with van der Waals surface area (Å²) in [6.45, 7) is 3.87. The van der Waals surface area contributed by atoms with E-state index in [1.54, 1.807) is 0 Å². The molecule has 3 fully saturated rings. The number of nitrogens with zero attached hydrogens (tertiary/aromatic N) is 2. The summed E-state index contributed by atoms with van der Waals surface area (Å²) in [5.74, 6) is 0.366. The van der Waals surface area contributed by atoms with Gasteiger partial charge in [0.25, 0.3) is 0 Å². The number of aliphatic hydroxyl groups is 1. The first-order valence-electron chi connectivity index (χ1n) is 11.0. The Balaban J connectivity index is 1.43. The van der Waals surface area contributed by atoms with Gasteiger partial charge in [0.05, 0.1) is 0 Å². The number of piperidine rings is 1. The second-order valence-electron chi connectivity index (χ2n) is 9.19. The summed E-state index contributed by atoms with van der Waals surface area (Å²) in [5, 5.41) is 10.9. The van der Waals surface area contributed by atoms with Crippen LogP contribution in [0.25, 0.3) is 0 Å². The van der Waals surface area contributed by atoms with E-state index in [2.05, 4.69) is 21.9 Å². The summed E-state index contributed by atoms with van der Waals surface area (Å²) in [7, 11) is 0. The molecule has 1 saturated carbocycles. The Hall–Kier alpha value is -1.10. The molecule has 3 aliphatic rings. The Morgan fingerprint density at radius 1 is 0.929 bits per heavy atom. The molecule has 4 rings (SSSR count). The molecule has 5 heteroatoms. The van der Waals surface area contributed by atoms with Crippen LogP contribution < -0.4 is 0 Å². The smallest absolute Gasteiger partial charge is 0.243 e. The zero-order valence-electron chi connectivity index (χ0n) is 16.8. The van der Waals surface area contributed by atoms with Gasteiger partial charge in [-0.25, -0.2) is 0 Å². The van der Waals surface area contributed by atoms with Crippen molar-refractivity contribution in [3.05, 3.63) is 34.9 Å². The lowest BCUT2D eigenvalue weighted by atomic mass is 9.74. The largest absolute Gasteiger partial charge is 0.396 e. The van der Waals surface area contributed by atoms with Gasteiger partial charge in [0.15, 0.2) is 0 Å². The molecule has 0 bridgehead atoms. The van der Waals surface area contributed by atoms with Gasteiger partial charge >= 0.3 is 0 Å². The molecule has 1 N–H and O–H groups in total. The van der Waals surface area contributed by atoms with E-state index >= 15 is 0 Å². The standard InChI is InChI=1S/C23H33ClN2O2/c24-20-7-5-19(6-8-20)17-22(18-27)11-15-25(16-12-22)21(28)23(9-1-2-10-23)26-13-3-4-14-26/h5-8,27H,1-4,9-18H2. The van der Waals surface area contributed by atoms with Gasteiger partial charge in [0.1, 0.15) is 5.54 Å². The summed E-state index contributed by atoms with van der Waals surface area (Å²) >= 11 is 6.01. The van der Waals surface area contributed by atoms with Crippen molar-refractivity contribution < 1.29 is 9.90 Å². The van der Waals surface area contributed by atoms with Gasteiger partial charge in [-0.2, -0.15) is 0 Å². The van der Waals surface area contributed by atoms with E-state index in [0.29, 0.717) is 5.91 Å². The summed E-state index contributed by atoms with van der Waals surface area (Å²) in [6, 6.07) is 7.94. The van der Waals surface area contributed by atoms with E-state index in [9.17, 15) is 9.90 Å². The van der Waals surface area contributed by atoms with Crippen LogP contribution in [0.5, 0.6) is 0 Å². The maximum Gasteiger partial charge on any atom is 0.243 e. The molecule has 0 atom stereocenters. The number of hydrogen-bond acceptors (Lipinski definition) is 3. The molecule has 0 radical (unpaired) electrons. The van der Waals surface area contributed by atoms with Crippen molar-refractivity contribution in [1.29, 1.82) is 0 Å². The Kier molecular flexibility index (Phi) is 6.01. The van der Waals surface area contributed by atoms with Crippen LogP contribution >= 0.6 is 11.6 Å². The minimum atomic E-state index is -0.230. The number of hydrogen-bond donors (Lipinski definition) is 1. The zero-order valence-corrected chi connectivity index (χ0v) is 17.6. The molecule has 1 amide bonds. The van der Waals surface area contributed by atoms with Gasteiger partial charge in [-0.1, -0.05) is 36.6 Å². The minimum absolute atomic E-state index is 0.124. The first-order chi connectivity index (χ1) is 13.6. The number of benzene rings is 1. The van der Waals surface area contributed by atoms with Crippen molar-refractivity contribution in [3.8, 4) is 0 Å². The van der Waals surface area contributed by atoms with Crippen LogP contribution in [0.3, 0.4) is 0 Å². The lowest BCUT2D eigenvalue weighted by Gasteiger charge is -2.46. The van der Waals surface area contributed by atoms with E-state index in [0.717, 1.165) is 63.3 Å². The van der Waals surface area contributed by atoms with Crippen molar-refractivity contribution in [2.75, 3.05) is 32.8 Å². The monoisotopic (exact) mass is 404 g/mol. The fourth-order valence-electron chi connectivity index (χ4n) is 5.67. The fraction of sp³-hybridized carbons (Fsp3) is 0.696. The zero-order chi connectivity index (χ0) is 19.6. The third kappa shape index (κ3) is 3.83. The Morgan fingerprint density at radius 3 is 2.11 bits per heavy atom. The first-order valence-corrected chi connectivity index (χ1v) is 11.3.